The Labute approximate surface area is 115 Å². The Bertz CT molecular complexity index is 587. The van der Waals surface area contributed by atoms with Crippen LogP contribution in [-0.4, -0.2) is 22.6 Å². The first-order valence-electron chi connectivity index (χ1n) is 7.19. The molecule has 19 heavy (non-hydrogen) atoms. The zero-order valence-corrected chi connectivity index (χ0v) is 12.1. The van der Waals surface area contributed by atoms with Crippen LogP contribution in [0.2, 0.25) is 0 Å². The van der Waals surface area contributed by atoms with Gasteiger partial charge in [-0.05, 0) is 43.9 Å². The number of nitrogens with zero attached hydrogens (tertiary/aromatic N) is 2. The summed E-state index contributed by atoms with van der Waals surface area (Å²) >= 11 is 0. The van der Waals surface area contributed by atoms with E-state index in [-0.39, 0.29) is 0 Å². The highest BCUT2D eigenvalue weighted by Crippen LogP contribution is 2.40. The van der Waals surface area contributed by atoms with Gasteiger partial charge in [0.15, 0.2) is 0 Å². The maximum atomic E-state index is 4.81. The molecule has 1 saturated carbocycles. The minimum Gasteiger partial charge on any atom is -0.331 e. The molecule has 1 heterocycles. The first-order chi connectivity index (χ1) is 9.11. The molecule has 1 aliphatic carbocycles. The Hall–Kier alpha value is -1.35. The molecule has 0 radical (unpaired) electrons. The standard InChI is InChI=1S/C16H23N3/c1-16(9-8-12(10-16)17-2)11-15-18-13-6-4-5-7-14(13)19(15)3/h4-7,12,17H,8-11H2,1-3H3. The van der Waals surface area contributed by atoms with Gasteiger partial charge in [-0.2, -0.15) is 0 Å². The Morgan fingerprint density at radius 2 is 2.21 bits per heavy atom. The lowest BCUT2D eigenvalue weighted by Crippen LogP contribution is -2.25. The molecule has 102 valence electrons. The van der Waals surface area contributed by atoms with Gasteiger partial charge < -0.3 is 9.88 Å². The number of aryl methyl sites for hydroxylation is 1. The molecule has 1 fully saturated rings. The number of fused-ring (bicyclic) bond motifs is 1. The molecule has 0 aliphatic heterocycles. The van der Waals surface area contributed by atoms with Crippen LogP contribution in [-0.2, 0) is 13.5 Å². The van der Waals surface area contributed by atoms with Crippen molar-refractivity contribution in [3.63, 3.8) is 0 Å². The molecule has 0 amide bonds. The van der Waals surface area contributed by atoms with E-state index >= 15 is 0 Å². The molecule has 2 atom stereocenters. The molecule has 1 aromatic heterocycles. The molecular formula is C16H23N3. The number of rotatable bonds is 3. The Balaban J connectivity index is 1.87. The number of benzene rings is 1. The quantitative estimate of drug-likeness (QED) is 0.916. The van der Waals surface area contributed by atoms with Gasteiger partial charge in [-0.1, -0.05) is 19.1 Å². The van der Waals surface area contributed by atoms with E-state index in [1.165, 1.54) is 30.6 Å². The minimum absolute atomic E-state index is 0.392. The molecule has 3 heteroatoms. The van der Waals surface area contributed by atoms with Gasteiger partial charge in [-0.15, -0.1) is 0 Å². The fraction of sp³-hybridized carbons (Fsp3) is 0.562. The van der Waals surface area contributed by atoms with Crippen LogP contribution in [0.1, 0.15) is 32.0 Å². The van der Waals surface area contributed by atoms with Crippen LogP contribution >= 0.6 is 0 Å². The predicted molar refractivity (Wildman–Crippen MR) is 79.2 cm³/mol. The summed E-state index contributed by atoms with van der Waals surface area (Å²) in [7, 11) is 4.21. The third kappa shape index (κ3) is 2.27. The van der Waals surface area contributed by atoms with Crippen LogP contribution < -0.4 is 5.32 Å². The summed E-state index contributed by atoms with van der Waals surface area (Å²) in [6, 6.07) is 9.08. The van der Waals surface area contributed by atoms with E-state index in [4.69, 9.17) is 4.98 Å². The van der Waals surface area contributed by atoms with E-state index in [0.29, 0.717) is 11.5 Å². The Morgan fingerprint density at radius 3 is 2.89 bits per heavy atom. The van der Waals surface area contributed by atoms with Gasteiger partial charge in [0.25, 0.3) is 0 Å². The minimum atomic E-state index is 0.392. The molecule has 3 nitrogen and oxygen atoms in total. The monoisotopic (exact) mass is 257 g/mol. The van der Waals surface area contributed by atoms with E-state index < -0.39 is 0 Å². The molecule has 3 rings (SSSR count). The molecule has 2 unspecified atom stereocenters. The topological polar surface area (TPSA) is 29.9 Å². The van der Waals surface area contributed by atoms with Crippen molar-refractivity contribution in [1.82, 2.24) is 14.9 Å². The fourth-order valence-electron chi connectivity index (χ4n) is 3.46. The van der Waals surface area contributed by atoms with Gasteiger partial charge >= 0.3 is 0 Å². The van der Waals surface area contributed by atoms with Gasteiger partial charge in [-0.25, -0.2) is 4.98 Å². The van der Waals surface area contributed by atoms with Crippen molar-refractivity contribution in [2.75, 3.05) is 7.05 Å². The van der Waals surface area contributed by atoms with Gasteiger partial charge in [0.1, 0.15) is 5.82 Å². The lowest BCUT2D eigenvalue weighted by Gasteiger charge is -2.23. The molecule has 0 spiro atoms. The highest BCUT2D eigenvalue weighted by atomic mass is 15.1. The summed E-state index contributed by atoms with van der Waals surface area (Å²) in [6.45, 7) is 2.41. The van der Waals surface area contributed by atoms with E-state index in [1.54, 1.807) is 0 Å². The fourth-order valence-corrected chi connectivity index (χ4v) is 3.46. The maximum Gasteiger partial charge on any atom is 0.110 e. The largest absolute Gasteiger partial charge is 0.331 e. The van der Waals surface area contributed by atoms with Crippen molar-refractivity contribution in [3.05, 3.63) is 30.1 Å². The third-order valence-corrected chi connectivity index (χ3v) is 4.71. The number of aromatic nitrogens is 2. The van der Waals surface area contributed by atoms with Crippen LogP contribution in [0.3, 0.4) is 0 Å². The van der Waals surface area contributed by atoms with Crippen molar-refractivity contribution in [3.8, 4) is 0 Å². The van der Waals surface area contributed by atoms with Crippen LogP contribution in [0.25, 0.3) is 11.0 Å². The molecule has 1 aliphatic rings. The van der Waals surface area contributed by atoms with Crippen LogP contribution in [0, 0.1) is 5.41 Å². The summed E-state index contributed by atoms with van der Waals surface area (Å²) in [6.07, 6.45) is 4.92. The first kappa shape index (κ1) is 12.7. The van der Waals surface area contributed by atoms with Gasteiger partial charge in [0.2, 0.25) is 0 Å². The number of para-hydroxylation sites is 2. The van der Waals surface area contributed by atoms with Crippen molar-refractivity contribution < 1.29 is 0 Å². The summed E-state index contributed by atoms with van der Waals surface area (Å²) in [5.41, 5.74) is 2.75. The van der Waals surface area contributed by atoms with Crippen LogP contribution in [0.4, 0.5) is 0 Å². The molecule has 1 N–H and O–H groups in total. The zero-order valence-electron chi connectivity index (χ0n) is 12.1. The van der Waals surface area contributed by atoms with Crippen LogP contribution in [0.5, 0.6) is 0 Å². The second kappa shape index (κ2) is 4.64. The third-order valence-electron chi connectivity index (χ3n) is 4.71. The van der Waals surface area contributed by atoms with E-state index in [1.807, 2.05) is 0 Å². The Kier molecular flexibility index (Phi) is 3.09. The Morgan fingerprint density at radius 1 is 1.42 bits per heavy atom. The molecule has 0 saturated heterocycles. The smallest absolute Gasteiger partial charge is 0.110 e. The molecular weight excluding hydrogens is 234 g/mol. The number of imidazole rings is 1. The average molecular weight is 257 g/mol. The van der Waals surface area contributed by atoms with Gasteiger partial charge in [0.05, 0.1) is 11.0 Å². The zero-order chi connectivity index (χ0) is 13.5. The van der Waals surface area contributed by atoms with Crippen molar-refractivity contribution in [1.29, 1.82) is 0 Å². The van der Waals surface area contributed by atoms with E-state index in [2.05, 4.69) is 55.2 Å². The van der Waals surface area contributed by atoms with Crippen molar-refractivity contribution in [2.24, 2.45) is 12.5 Å². The van der Waals surface area contributed by atoms with Crippen molar-refractivity contribution in [2.45, 2.75) is 38.6 Å². The first-order valence-corrected chi connectivity index (χ1v) is 7.19. The highest BCUT2D eigenvalue weighted by molar-refractivity contribution is 5.75. The average Bonchev–Trinajstić information content (AvgIpc) is 2.93. The van der Waals surface area contributed by atoms with E-state index in [9.17, 15) is 0 Å². The van der Waals surface area contributed by atoms with Crippen LogP contribution in [0.15, 0.2) is 24.3 Å². The molecule has 2 aromatic rings. The van der Waals surface area contributed by atoms with Crippen molar-refractivity contribution >= 4 is 11.0 Å². The van der Waals surface area contributed by atoms with E-state index in [0.717, 1.165) is 11.9 Å². The summed E-state index contributed by atoms with van der Waals surface area (Å²) < 4.78 is 2.26. The lowest BCUT2D eigenvalue weighted by molar-refractivity contribution is 0.315. The van der Waals surface area contributed by atoms with Gasteiger partial charge in [-0.3, -0.25) is 0 Å². The predicted octanol–water partition coefficient (Wildman–Crippen LogP) is 2.89. The second-order valence-electron chi connectivity index (χ2n) is 6.29. The lowest BCUT2D eigenvalue weighted by atomic mass is 9.84. The molecule has 1 aromatic carbocycles. The SMILES string of the molecule is CNC1CCC(C)(Cc2nc3ccccc3n2C)C1. The highest BCUT2D eigenvalue weighted by Gasteiger charge is 2.35. The second-order valence-corrected chi connectivity index (χ2v) is 6.29. The number of hydrogen-bond acceptors (Lipinski definition) is 2. The summed E-state index contributed by atoms with van der Waals surface area (Å²) in [4.78, 5) is 4.81. The maximum absolute atomic E-state index is 4.81. The normalized spacial score (nSPS) is 27.2. The number of nitrogens with one attached hydrogen (secondary N) is 1. The molecule has 0 bridgehead atoms. The number of hydrogen-bond donors (Lipinski definition) is 1. The summed E-state index contributed by atoms with van der Waals surface area (Å²) in [5.74, 6) is 1.22. The summed E-state index contributed by atoms with van der Waals surface area (Å²) in [5, 5.41) is 3.42. The van der Waals surface area contributed by atoms with Gasteiger partial charge in [0, 0.05) is 19.5 Å².